The summed E-state index contributed by atoms with van der Waals surface area (Å²) in [6.45, 7) is 6.52. The van der Waals surface area contributed by atoms with Gasteiger partial charge < -0.3 is 9.47 Å². The maximum absolute atomic E-state index is 5.86. The minimum absolute atomic E-state index is 0.00343. The molecule has 0 amide bonds. The fourth-order valence-electron chi connectivity index (χ4n) is 1.67. The fraction of sp³-hybridized carbons (Fsp3) is 1.00. The zero-order valence-electron chi connectivity index (χ0n) is 8.59. The summed E-state index contributed by atoms with van der Waals surface area (Å²) in [5, 5.41) is 0. The normalized spacial score (nSPS) is 43.0. The molecule has 0 aromatic heterocycles. The molecule has 3 atom stereocenters. The Morgan fingerprint density at radius 3 is 2.75 bits per heavy atom. The van der Waals surface area contributed by atoms with Gasteiger partial charge in [0.1, 0.15) is 0 Å². The van der Waals surface area contributed by atoms with Crippen LogP contribution in [0.25, 0.3) is 0 Å². The van der Waals surface area contributed by atoms with Crippen LogP contribution in [0.1, 0.15) is 40.0 Å². The second kappa shape index (κ2) is 3.75. The summed E-state index contributed by atoms with van der Waals surface area (Å²) in [5.41, 5.74) is 0.0488. The van der Waals surface area contributed by atoms with Crippen LogP contribution >= 0.6 is 0 Å². The summed E-state index contributed by atoms with van der Waals surface area (Å²) in [4.78, 5) is 0. The molecule has 1 fully saturated rings. The van der Waals surface area contributed by atoms with Crippen LogP contribution in [-0.4, -0.2) is 19.0 Å². The van der Waals surface area contributed by atoms with E-state index in [-0.39, 0.29) is 11.9 Å². The molecule has 1 saturated heterocycles. The Morgan fingerprint density at radius 1 is 1.58 bits per heavy atom. The van der Waals surface area contributed by atoms with Crippen LogP contribution in [-0.2, 0) is 9.47 Å². The van der Waals surface area contributed by atoms with Crippen molar-refractivity contribution in [2.45, 2.75) is 51.9 Å². The van der Waals surface area contributed by atoms with E-state index in [2.05, 4.69) is 20.8 Å². The van der Waals surface area contributed by atoms with Crippen LogP contribution in [0.15, 0.2) is 0 Å². The number of methoxy groups -OCH3 is 1. The van der Waals surface area contributed by atoms with Crippen LogP contribution in [0.2, 0.25) is 0 Å². The first-order valence-electron chi connectivity index (χ1n) is 4.82. The topological polar surface area (TPSA) is 18.5 Å². The zero-order chi connectivity index (χ0) is 9.19. The van der Waals surface area contributed by atoms with E-state index in [1.54, 1.807) is 7.11 Å². The van der Waals surface area contributed by atoms with E-state index < -0.39 is 0 Å². The van der Waals surface area contributed by atoms with Crippen LogP contribution < -0.4 is 0 Å². The highest BCUT2D eigenvalue weighted by Gasteiger charge is 2.35. The first kappa shape index (κ1) is 10.0. The molecule has 72 valence electrons. The smallest absolute Gasteiger partial charge is 0.160 e. The largest absolute Gasteiger partial charge is 0.356 e. The average Bonchev–Trinajstić information content (AvgIpc) is 2.10. The molecule has 0 saturated carbocycles. The Bertz CT molecular complexity index is 147. The van der Waals surface area contributed by atoms with Crippen molar-refractivity contribution in [2.24, 2.45) is 5.92 Å². The molecule has 1 aliphatic rings. The highest BCUT2D eigenvalue weighted by molar-refractivity contribution is 4.80. The van der Waals surface area contributed by atoms with Crippen LogP contribution in [0.4, 0.5) is 0 Å². The number of hydrogen-bond acceptors (Lipinski definition) is 2. The molecule has 0 aromatic carbocycles. The Hall–Kier alpha value is -0.0800. The van der Waals surface area contributed by atoms with E-state index in [1.165, 1.54) is 6.42 Å². The maximum atomic E-state index is 5.86. The number of rotatable bonds is 2. The van der Waals surface area contributed by atoms with Crippen molar-refractivity contribution in [3.63, 3.8) is 0 Å². The lowest BCUT2D eigenvalue weighted by Gasteiger charge is -2.40. The number of hydrogen-bond donors (Lipinski definition) is 0. The molecule has 12 heavy (non-hydrogen) atoms. The van der Waals surface area contributed by atoms with Crippen LogP contribution in [0.3, 0.4) is 0 Å². The van der Waals surface area contributed by atoms with Crippen molar-refractivity contribution in [3.05, 3.63) is 0 Å². The summed E-state index contributed by atoms with van der Waals surface area (Å²) in [7, 11) is 1.72. The van der Waals surface area contributed by atoms with E-state index >= 15 is 0 Å². The highest BCUT2D eigenvalue weighted by atomic mass is 16.7. The van der Waals surface area contributed by atoms with Gasteiger partial charge in [0.15, 0.2) is 6.29 Å². The first-order chi connectivity index (χ1) is 5.61. The molecule has 1 heterocycles. The third kappa shape index (κ3) is 1.99. The molecule has 1 rings (SSSR count). The lowest BCUT2D eigenvalue weighted by Crippen LogP contribution is -2.42. The molecule has 0 bridgehead atoms. The lowest BCUT2D eigenvalue weighted by molar-refractivity contribution is -0.243. The van der Waals surface area contributed by atoms with Gasteiger partial charge in [-0.15, -0.1) is 0 Å². The van der Waals surface area contributed by atoms with Crippen molar-refractivity contribution in [2.75, 3.05) is 7.11 Å². The van der Waals surface area contributed by atoms with Gasteiger partial charge in [-0.25, -0.2) is 0 Å². The van der Waals surface area contributed by atoms with Crippen LogP contribution in [0.5, 0.6) is 0 Å². The van der Waals surface area contributed by atoms with Crippen molar-refractivity contribution < 1.29 is 9.47 Å². The van der Waals surface area contributed by atoms with Gasteiger partial charge in [-0.1, -0.05) is 13.8 Å². The van der Waals surface area contributed by atoms with Gasteiger partial charge >= 0.3 is 0 Å². The van der Waals surface area contributed by atoms with E-state index in [9.17, 15) is 0 Å². The van der Waals surface area contributed by atoms with Crippen molar-refractivity contribution in [1.82, 2.24) is 0 Å². The van der Waals surface area contributed by atoms with Gasteiger partial charge in [0.2, 0.25) is 0 Å². The summed E-state index contributed by atoms with van der Waals surface area (Å²) in [5.74, 6) is 0.537. The molecule has 0 aromatic rings. The Labute approximate surface area is 75.2 Å². The minimum atomic E-state index is 0.00343. The van der Waals surface area contributed by atoms with Crippen molar-refractivity contribution >= 4 is 0 Å². The van der Waals surface area contributed by atoms with Gasteiger partial charge in [0.05, 0.1) is 5.60 Å². The highest BCUT2D eigenvalue weighted by Crippen LogP contribution is 2.34. The molecule has 0 aliphatic carbocycles. The molecule has 1 aliphatic heterocycles. The van der Waals surface area contributed by atoms with Gasteiger partial charge in [-0.2, -0.15) is 0 Å². The van der Waals surface area contributed by atoms with E-state index in [4.69, 9.17) is 9.47 Å². The molecular formula is C10H20O2. The van der Waals surface area contributed by atoms with Crippen molar-refractivity contribution in [1.29, 1.82) is 0 Å². The van der Waals surface area contributed by atoms with E-state index in [1.807, 2.05) is 0 Å². The van der Waals surface area contributed by atoms with Crippen LogP contribution in [0, 0.1) is 5.92 Å². The van der Waals surface area contributed by atoms with E-state index in [0.29, 0.717) is 5.92 Å². The number of ether oxygens (including phenoxy) is 2. The second-order valence-electron chi connectivity index (χ2n) is 4.04. The van der Waals surface area contributed by atoms with E-state index in [0.717, 1.165) is 12.8 Å². The standard InChI is InChI=1S/C10H20O2/c1-5-10(3)7-6-8(2)9(11-4)12-10/h8-9H,5-7H2,1-4H3/t8-,9-,10+/m0/s1. The summed E-state index contributed by atoms with van der Waals surface area (Å²) in [6, 6.07) is 0. The predicted octanol–water partition coefficient (Wildman–Crippen LogP) is 2.57. The molecule has 0 N–H and O–H groups in total. The monoisotopic (exact) mass is 172 g/mol. The zero-order valence-corrected chi connectivity index (χ0v) is 8.59. The van der Waals surface area contributed by atoms with Gasteiger partial charge in [-0.05, 0) is 26.2 Å². The Kier molecular flexibility index (Phi) is 3.13. The second-order valence-corrected chi connectivity index (χ2v) is 4.04. The molecule has 0 unspecified atom stereocenters. The summed E-state index contributed by atoms with van der Waals surface area (Å²) < 4.78 is 11.1. The third-order valence-electron chi connectivity index (χ3n) is 2.97. The predicted molar refractivity (Wildman–Crippen MR) is 49.0 cm³/mol. The summed E-state index contributed by atoms with van der Waals surface area (Å²) in [6.07, 6.45) is 3.44. The minimum Gasteiger partial charge on any atom is -0.356 e. The molecule has 0 spiro atoms. The SMILES string of the molecule is CC[C@]1(C)CC[C@H](C)[C@@H](OC)O1. The first-order valence-corrected chi connectivity index (χ1v) is 4.82. The lowest BCUT2D eigenvalue weighted by atomic mass is 9.88. The van der Waals surface area contributed by atoms with Gasteiger partial charge in [0, 0.05) is 13.0 Å². The van der Waals surface area contributed by atoms with Crippen molar-refractivity contribution in [3.8, 4) is 0 Å². The molecule has 0 radical (unpaired) electrons. The van der Waals surface area contributed by atoms with Gasteiger partial charge in [-0.3, -0.25) is 0 Å². The van der Waals surface area contributed by atoms with Gasteiger partial charge in [0.25, 0.3) is 0 Å². The Balaban J connectivity index is 2.55. The maximum Gasteiger partial charge on any atom is 0.160 e. The Morgan fingerprint density at radius 2 is 2.25 bits per heavy atom. The molecule has 2 nitrogen and oxygen atoms in total. The summed E-state index contributed by atoms with van der Waals surface area (Å²) >= 11 is 0. The molecule has 2 heteroatoms. The third-order valence-corrected chi connectivity index (χ3v) is 2.97. The molecular weight excluding hydrogens is 152 g/mol. The average molecular weight is 172 g/mol. The fourth-order valence-corrected chi connectivity index (χ4v) is 1.67. The quantitative estimate of drug-likeness (QED) is 0.637.